The van der Waals surface area contributed by atoms with Gasteiger partial charge in [0, 0.05) is 18.7 Å². The summed E-state index contributed by atoms with van der Waals surface area (Å²) in [5.41, 5.74) is 0.556. The van der Waals surface area contributed by atoms with Crippen LogP contribution in [0.5, 0.6) is 0 Å². The molecule has 1 aliphatic heterocycles. The van der Waals surface area contributed by atoms with Gasteiger partial charge in [0.2, 0.25) is 10.7 Å². The second-order valence-corrected chi connectivity index (χ2v) is 6.93. The molecule has 9 heteroatoms. The monoisotopic (exact) mass is 377 g/mol. The highest BCUT2D eigenvalue weighted by Gasteiger charge is 2.26. The van der Waals surface area contributed by atoms with Crippen molar-refractivity contribution in [2.45, 2.75) is 18.6 Å². The average molecular weight is 378 g/mol. The van der Waals surface area contributed by atoms with Crippen molar-refractivity contribution in [2.24, 2.45) is 0 Å². The Morgan fingerprint density at radius 3 is 2.75 bits per heavy atom. The lowest BCUT2D eigenvalue weighted by atomic mass is 10.2. The van der Waals surface area contributed by atoms with Crippen LogP contribution in [-0.4, -0.2) is 37.9 Å². The summed E-state index contributed by atoms with van der Waals surface area (Å²) in [4.78, 5) is 22.9. The quantitative estimate of drug-likeness (QED) is 0.652. The minimum absolute atomic E-state index is 0.241. The van der Waals surface area contributed by atoms with E-state index in [2.05, 4.69) is 15.3 Å². The zero-order chi connectivity index (χ0) is 17.1. The number of hydrogen-bond acceptors (Lipinski definition) is 6. The number of carbonyl (C=O) groups is 1. The SMILES string of the molecule is CCSc1nc2n(c(=S)n1)CCN2C(=S)NC(=O)c1ccccc1. The number of aromatic nitrogens is 3. The van der Waals surface area contributed by atoms with Crippen LogP contribution in [0.1, 0.15) is 17.3 Å². The molecular formula is C15H15N5OS3. The zero-order valence-corrected chi connectivity index (χ0v) is 15.4. The van der Waals surface area contributed by atoms with Gasteiger partial charge >= 0.3 is 0 Å². The molecule has 1 aliphatic rings. The maximum Gasteiger partial charge on any atom is 0.257 e. The molecule has 1 amide bonds. The largest absolute Gasteiger partial charge is 0.299 e. The molecule has 0 fully saturated rings. The van der Waals surface area contributed by atoms with Gasteiger partial charge in [0.15, 0.2) is 10.3 Å². The highest BCUT2D eigenvalue weighted by molar-refractivity contribution is 7.99. The van der Waals surface area contributed by atoms with Crippen molar-refractivity contribution in [3.63, 3.8) is 0 Å². The van der Waals surface area contributed by atoms with Crippen molar-refractivity contribution in [3.05, 3.63) is 40.7 Å². The first kappa shape index (κ1) is 17.0. The molecule has 0 unspecified atom stereocenters. The molecule has 0 spiro atoms. The van der Waals surface area contributed by atoms with E-state index < -0.39 is 0 Å². The summed E-state index contributed by atoms with van der Waals surface area (Å²) in [6.07, 6.45) is 0. The second kappa shape index (κ2) is 7.37. The Kier molecular flexibility index (Phi) is 5.22. The fraction of sp³-hybridized carbons (Fsp3) is 0.267. The Hall–Kier alpha value is -1.84. The summed E-state index contributed by atoms with van der Waals surface area (Å²) in [6, 6.07) is 8.96. The van der Waals surface area contributed by atoms with Crippen molar-refractivity contribution in [1.82, 2.24) is 19.9 Å². The fourth-order valence-electron chi connectivity index (χ4n) is 2.31. The number of thiocarbonyl (C=S) groups is 1. The van der Waals surface area contributed by atoms with E-state index in [1.165, 1.54) is 11.8 Å². The molecule has 2 aromatic rings. The van der Waals surface area contributed by atoms with Crippen LogP contribution < -0.4 is 10.2 Å². The Morgan fingerprint density at radius 2 is 2.04 bits per heavy atom. The van der Waals surface area contributed by atoms with E-state index in [0.717, 1.165) is 5.75 Å². The van der Waals surface area contributed by atoms with Crippen LogP contribution in [-0.2, 0) is 6.54 Å². The molecule has 0 radical (unpaired) electrons. The van der Waals surface area contributed by atoms with Gasteiger partial charge in [-0.2, -0.15) is 9.97 Å². The lowest BCUT2D eigenvalue weighted by Gasteiger charge is -2.18. The van der Waals surface area contributed by atoms with Crippen LogP contribution in [0.4, 0.5) is 5.95 Å². The van der Waals surface area contributed by atoms with Crippen LogP contribution in [0.2, 0.25) is 0 Å². The number of benzene rings is 1. The standard InChI is InChI=1S/C15H15N5OS3/c1-2-24-12-17-13-19(8-9-20(13)15(23)18-12)14(22)16-11(21)10-6-4-3-5-7-10/h3-7H,2,8-9H2,1H3,(H,16,21,22). The third-order valence-electron chi connectivity index (χ3n) is 3.42. The number of nitrogens with zero attached hydrogens (tertiary/aromatic N) is 4. The lowest BCUT2D eigenvalue weighted by molar-refractivity contribution is 0.0977. The van der Waals surface area contributed by atoms with E-state index in [9.17, 15) is 4.79 Å². The van der Waals surface area contributed by atoms with Crippen molar-refractivity contribution < 1.29 is 4.79 Å². The normalized spacial score (nSPS) is 12.8. The summed E-state index contributed by atoms with van der Waals surface area (Å²) in [7, 11) is 0. The lowest BCUT2D eigenvalue weighted by Crippen LogP contribution is -2.42. The third-order valence-corrected chi connectivity index (χ3v) is 4.79. The van der Waals surface area contributed by atoms with E-state index in [1.54, 1.807) is 17.0 Å². The van der Waals surface area contributed by atoms with Crippen molar-refractivity contribution in [3.8, 4) is 0 Å². The third kappa shape index (κ3) is 3.47. The van der Waals surface area contributed by atoms with Gasteiger partial charge in [0.1, 0.15) is 0 Å². The van der Waals surface area contributed by atoms with Crippen molar-refractivity contribution in [1.29, 1.82) is 0 Å². The van der Waals surface area contributed by atoms with Crippen LogP contribution in [0, 0.1) is 4.77 Å². The molecule has 0 aliphatic carbocycles. The molecule has 1 aromatic carbocycles. The zero-order valence-electron chi connectivity index (χ0n) is 12.9. The highest BCUT2D eigenvalue weighted by atomic mass is 32.2. The average Bonchev–Trinajstić information content (AvgIpc) is 3.00. The summed E-state index contributed by atoms with van der Waals surface area (Å²) in [5.74, 6) is 1.24. The number of nitrogens with one attached hydrogen (secondary N) is 1. The summed E-state index contributed by atoms with van der Waals surface area (Å²) in [6.45, 7) is 3.28. The van der Waals surface area contributed by atoms with Crippen LogP contribution in [0.15, 0.2) is 35.5 Å². The van der Waals surface area contributed by atoms with Crippen molar-refractivity contribution >= 4 is 53.2 Å². The number of amides is 1. The summed E-state index contributed by atoms with van der Waals surface area (Å²) in [5, 5.41) is 3.69. The van der Waals surface area contributed by atoms with Gasteiger partial charge in [-0.05, 0) is 42.3 Å². The van der Waals surface area contributed by atoms with E-state index in [-0.39, 0.29) is 5.91 Å². The Labute approximate surface area is 154 Å². The molecule has 3 rings (SSSR count). The molecule has 2 heterocycles. The fourth-order valence-corrected chi connectivity index (χ4v) is 3.45. The first-order valence-corrected chi connectivity index (χ1v) is 9.20. The topological polar surface area (TPSA) is 63.1 Å². The number of rotatable bonds is 3. The predicted molar refractivity (Wildman–Crippen MR) is 101 cm³/mol. The maximum atomic E-state index is 12.3. The predicted octanol–water partition coefficient (Wildman–Crippen LogP) is 2.65. The smallest absolute Gasteiger partial charge is 0.257 e. The van der Waals surface area contributed by atoms with Gasteiger partial charge in [-0.15, -0.1) is 0 Å². The van der Waals surface area contributed by atoms with Gasteiger partial charge in [-0.25, -0.2) is 0 Å². The van der Waals surface area contributed by atoms with Gasteiger partial charge < -0.3 is 0 Å². The Morgan fingerprint density at radius 1 is 1.29 bits per heavy atom. The van der Waals surface area contributed by atoms with Gasteiger partial charge in [0.05, 0.1) is 0 Å². The number of carbonyl (C=O) groups excluding carboxylic acids is 1. The number of fused-ring (bicyclic) bond motifs is 1. The van der Waals surface area contributed by atoms with Gasteiger partial charge in [-0.1, -0.05) is 36.9 Å². The van der Waals surface area contributed by atoms with E-state index >= 15 is 0 Å². The first-order chi connectivity index (χ1) is 11.6. The molecule has 0 saturated heterocycles. The second-order valence-electron chi connectivity index (χ2n) is 4.95. The number of hydrogen-bond donors (Lipinski definition) is 1. The van der Waals surface area contributed by atoms with Crippen molar-refractivity contribution in [2.75, 3.05) is 17.2 Å². The molecule has 1 N–H and O–H groups in total. The van der Waals surface area contributed by atoms with Crippen LogP contribution >= 0.6 is 36.2 Å². The summed E-state index contributed by atoms with van der Waals surface area (Å²) < 4.78 is 2.31. The van der Waals surface area contributed by atoms with E-state index in [0.29, 0.717) is 39.6 Å². The van der Waals surface area contributed by atoms with E-state index in [1.807, 2.05) is 29.7 Å². The molecule has 124 valence electrons. The molecular weight excluding hydrogens is 362 g/mol. The Bertz CT molecular complexity index is 837. The molecule has 24 heavy (non-hydrogen) atoms. The minimum Gasteiger partial charge on any atom is -0.299 e. The van der Waals surface area contributed by atoms with Crippen LogP contribution in [0.25, 0.3) is 0 Å². The van der Waals surface area contributed by atoms with Gasteiger partial charge in [0.25, 0.3) is 5.91 Å². The number of thioether (sulfide) groups is 1. The maximum absolute atomic E-state index is 12.3. The van der Waals surface area contributed by atoms with E-state index in [4.69, 9.17) is 24.4 Å². The molecule has 0 bridgehead atoms. The molecule has 6 nitrogen and oxygen atoms in total. The highest BCUT2D eigenvalue weighted by Crippen LogP contribution is 2.22. The number of anilines is 1. The molecule has 0 saturated carbocycles. The van der Waals surface area contributed by atoms with Gasteiger partial charge in [-0.3, -0.25) is 19.6 Å². The molecule has 0 atom stereocenters. The first-order valence-electron chi connectivity index (χ1n) is 7.39. The summed E-state index contributed by atoms with van der Waals surface area (Å²) >= 11 is 12.2. The Balaban J connectivity index is 1.81. The molecule has 1 aromatic heterocycles. The minimum atomic E-state index is -0.241. The van der Waals surface area contributed by atoms with Crippen LogP contribution in [0.3, 0.4) is 0 Å².